The summed E-state index contributed by atoms with van der Waals surface area (Å²) in [7, 11) is 0. The second-order valence-electron chi connectivity index (χ2n) is 8.12. The summed E-state index contributed by atoms with van der Waals surface area (Å²) in [6.45, 7) is 1.73. The minimum Gasteiger partial charge on any atom is -0.352 e. The van der Waals surface area contributed by atoms with Gasteiger partial charge < -0.3 is 15.1 Å². The number of nitrogens with zero attached hydrogens (tertiary/aromatic N) is 2. The first kappa shape index (κ1) is 21.4. The third-order valence-corrected chi connectivity index (χ3v) is 6.20. The van der Waals surface area contributed by atoms with Gasteiger partial charge in [-0.1, -0.05) is 35.9 Å². The molecule has 0 radical (unpaired) electrons. The highest BCUT2D eigenvalue weighted by atomic mass is 35.5. The molecular formula is C24H26ClN3O3. The van der Waals surface area contributed by atoms with Gasteiger partial charge in [-0.2, -0.15) is 0 Å². The van der Waals surface area contributed by atoms with Crippen LogP contribution in [0.3, 0.4) is 0 Å². The van der Waals surface area contributed by atoms with Gasteiger partial charge >= 0.3 is 0 Å². The number of carbonyl (C=O) groups excluding carboxylic acids is 3. The molecule has 162 valence electrons. The van der Waals surface area contributed by atoms with E-state index in [2.05, 4.69) is 5.32 Å². The number of hydrogen-bond donors (Lipinski definition) is 1. The first-order valence-corrected chi connectivity index (χ1v) is 11.1. The lowest BCUT2D eigenvalue weighted by Gasteiger charge is -2.42. The number of carbonyl (C=O) groups is 3. The fraction of sp³-hybridized carbons (Fsp3) is 0.375. The van der Waals surface area contributed by atoms with Crippen LogP contribution in [-0.4, -0.2) is 53.2 Å². The average molecular weight is 440 g/mol. The molecule has 2 fully saturated rings. The molecule has 4 rings (SSSR count). The molecule has 1 atom stereocenters. The molecule has 0 aromatic heterocycles. The molecule has 2 aromatic carbocycles. The van der Waals surface area contributed by atoms with E-state index in [1.807, 2.05) is 36.4 Å². The molecule has 31 heavy (non-hydrogen) atoms. The maximum atomic E-state index is 12.8. The molecule has 3 amide bonds. The minimum atomic E-state index is -0.305. The molecule has 2 aliphatic rings. The highest BCUT2D eigenvalue weighted by molar-refractivity contribution is 6.30. The number of nitrogens with one attached hydrogen (secondary N) is 1. The van der Waals surface area contributed by atoms with E-state index in [-0.39, 0.29) is 30.3 Å². The summed E-state index contributed by atoms with van der Waals surface area (Å²) in [5.74, 6) is -0.0770. The van der Waals surface area contributed by atoms with E-state index < -0.39 is 0 Å². The van der Waals surface area contributed by atoms with E-state index in [1.165, 1.54) is 0 Å². The highest BCUT2D eigenvalue weighted by Gasteiger charge is 2.40. The van der Waals surface area contributed by atoms with E-state index in [1.54, 1.807) is 21.9 Å². The third kappa shape index (κ3) is 5.07. The summed E-state index contributed by atoms with van der Waals surface area (Å²) in [5.41, 5.74) is 2.58. The number of benzene rings is 2. The lowest BCUT2D eigenvalue weighted by Crippen LogP contribution is -2.60. The predicted molar refractivity (Wildman–Crippen MR) is 119 cm³/mol. The van der Waals surface area contributed by atoms with Crippen LogP contribution in [0.1, 0.15) is 40.7 Å². The zero-order chi connectivity index (χ0) is 21.8. The molecule has 6 nitrogen and oxygen atoms in total. The van der Waals surface area contributed by atoms with Crippen LogP contribution in [0.5, 0.6) is 0 Å². The van der Waals surface area contributed by atoms with Crippen molar-refractivity contribution in [3.63, 3.8) is 0 Å². The summed E-state index contributed by atoms with van der Waals surface area (Å²) in [5, 5.41) is 3.61. The van der Waals surface area contributed by atoms with Gasteiger partial charge in [0.2, 0.25) is 11.8 Å². The van der Waals surface area contributed by atoms with Crippen LogP contribution in [0, 0.1) is 0 Å². The largest absolute Gasteiger partial charge is 0.352 e. The van der Waals surface area contributed by atoms with E-state index >= 15 is 0 Å². The van der Waals surface area contributed by atoms with Gasteiger partial charge in [0.1, 0.15) is 12.6 Å². The van der Waals surface area contributed by atoms with Crippen molar-refractivity contribution in [1.82, 2.24) is 15.1 Å². The fourth-order valence-corrected chi connectivity index (χ4v) is 4.34. The summed E-state index contributed by atoms with van der Waals surface area (Å²) in [6, 6.07) is 14.5. The van der Waals surface area contributed by atoms with Gasteiger partial charge in [0.15, 0.2) is 0 Å². The lowest BCUT2D eigenvalue weighted by molar-refractivity contribution is -0.158. The average Bonchev–Trinajstić information content (AvgIpc) is 2.79. The molecule has 0 aliphatic carbocycles. The van der Waals surface area contributed by atoms with E-state index in [0.29, 0.717) is 30.2 Å². The summed E-state index contributed by atoms with van der Waals surface area (Å²) in [4.78, 5) is 41.0. The first-order chi connectivity index (χ1) is 15.0. The van der Waals surface area contributed by atoms with Crippen LogP contribution in [0.15, 0.2) is 48.5 Å². The molecule has 0 spiro atoms. The summed E-state index contributed by atoms with van der Waals surface area (Å²) >= 11 is 5.89. The minimum absolute atomic E-state index is 0.0287. The molecule has 0 bridgehead atoms. The van der Waals surface area contributed by atoms with Gasteiger partial charge in [0.05, 0.1) is 0 Å². The number of piperidine rings is 1. The van der Waals surface area contributed by atoms with Gasteiger partial charge in [0.25, 0.3) is 5.91 Å². The highest BCUT2D eigenvalue weighted by Crippen LogP contribution is 2.24. The maximum Gasteiger partial charge on any atom is 0.251 e. The number of piperazine rings is 1. The van der Waals surface area contributed by atoms with Crippen molar-refractivity contribution in [3.05, 3.63) is 70.2 Å². The van der Waals surface area contributed by atoms with Crippen LogP contribution in [-0.2, 0) is 22.6 Å². The predicted octanol–water partition coefficient (Wildman–Crippen LogP) is 3.04. The van der Waals surface area contributed by atoms with Crippen molar-refractivity contribution >= 4 is 29.3 Å². The monoisotopic (exact) mass is 439 g/mol. The van der Waals surface area contributed by atoms with E-state index in [9.17, 15) is 14.4 Å². The summed E-state index contributed by atoms with van der Waals surface area (Å²) < 4.78 is 0. The Labute approximate surface area is 187 Å². The Kier molecular flexibility index (Phi) is 6.56. The SMILES string of the molecule is O=C(NCCc1ccc(Cl)cc1)c1ccc(CN2CC(=O)N3CCCC[C@@H]3C2=O)cc1. The first-order valence-electron chi connectivity index (χ1n) is 10.7. The Bertz CT molecular complexity index is 959. The lowest BCUT2D eigenvalue weighted by atomic mass is 9.98. The second kappa shape index (κ2) is 9.52. The van der Waals surface area contributed by atoms with Crippen LogP contribution in [0.25, 0.3) is 0 Å². The van der Waals surface area contributed by atoms with Gasteiger partial charge in [-0.25, -0.2) is 0 Å². The maximum absolute atomic E-state index is 12.8. The molecular weight excluding hydrogens is 414 g/mol. The molecule has 0 saturated carbocycles. The number of fused-ring (bicyclic) bond motifs is 1. The fourth-order valence-electron chi connectivity index (χ4n) is 4.22. The Morgan fingerprint density at radius 1 is 1.00 bits per heavy atom. The Morgan fingerprint density at radius 3 is 2.45 bits per heavy atom. The van der Waals surface area contributed by atoms with E-state index in [0.717, 1.165) is 36.8 Å². The Morgan fingerprint density at radius 2 is 1.71 bits per heavy atom. The van der Waals surface area contributed by atoms with Crippen LogP contribution in [0.2, 0.25) is 5.02 Å². The van der Waals surface area contributed by atoms with Crippen molar-refractivity contribution in [2.45, 2.75) is 38.3 Å². The standard InChI is InChI=1S/C24H26ClN3O3/c25-20-10-6-17(7-11-20)12-13-26-23(30)19-8-4-18(5-9-19)15-27-16-22(29)28-14-2-1-3-21(28)24(27)31/h4-11,21H,1-3,12-16H2,(H,26,30)/t21-/m1/s1. The zero-order valence-corrected chi connectivity index (χ0v) is 18.1. The second-order valence-corrected chi connectivity index (χ2v) is 8.56. The molecule has 1 N–H and O–H groups in total. The smallest absolute Gasteiger partial charge is 0.251 e. The molecule has 2 heterocycles. The van der Waals surface area contributed by atoms with Crippen molar-refractivity contribution in [1.29, 1.82) is 0 Å². The third-order valence-electron chi connectivity index (χ3n) is 5.95. The zero-order valence-electron chi connectivity index (χ0n) is 17.4. The quantitative estimate of drug-likeness (QED) is 0.752. The van der Waals surface area contributed by atoms with Crippen LogP contribution >= 0.6 is 11.6 Å². The number of rotatable bonds is 6. The van der Waals surface area contributed by atoms with Gasteiger partial charge in [0, 0.05) is 30.2 Å². The molecule has 0 unspecified atom stereocenters. The Balaban J connectivity index is 1.30. The molecule has 2 aromatic rings. The van der Waals surface area contributed by atoms with Gasteiger partial charge in [-0.15, -0.1) is 0 Å². The normalized spacial score (nSPS) is 18.7. The van der Waals surface area contributed by atoms with Crippen molar-refractivity contribution in [3.8, 4) is 0 Å². The van der Waals surface area contributed by atoms with Gasteiger partial charge in [-0.3, -0.25) is 14.4 Å². The van der Waals surface area contributed by atoms with E-state index in [4.69, 9.17) is 11.6 Å². The topological polar surface area (TPSA) is 69.7 Å². The Hall–Kier alpha value is -2.86. The van der Waals surface area contributed by atoms with Gasteiger partial charge in [-0.05, 0) is 61.1 Å². The van der Waals surface area contributed by atoms with Crippen LogP contribution < -0.4 is 5.32 Å². The van der Waals surface area contributed by atoms with Crippen molar-refractivity contribution in [2.75, 3.05) is 19.6 Å². The van der Waals surface area contributed by atoms with Crippen molar-refractivity contribution < 1.29 is 14.4 Å². The molecule has 7 heteroatoms. The molecule has 2 aliphatic heterocycles. The number of amides is 3. The molecule has 2 saturated heterocycles. The summed E-state index contributed by atoms with van der Waals surface area (Å²) in [6.07, 6.45) is 3.43. The number of hydrogen-bond acceptors (Lipinski definition) is 3. The van der Waals surface area contributed by atoms with Crippen LogP contribution in [0.4, 0.5) is 0 Å². The number of halogens is 1. The van der Waals surface area contributed by atoms with Crippen molar-refractivity contribution in [2.24, 2.45) is 0 Å².